The van der Waals surface area contributed by atoms with Crippen molar-refractivity contribution in [3.05, 3.63) is 71.7 Å². The molecule has 4 aromatic rings. The predicted octanol–water partition coefficient (Wildman–Crippen LogP) is 1.57. The molecule has 0 unspecified atom stereocenters. The van der Waals surface area contributed by atoms with Crippen molar-refractivity contribution in [1.82, 2.24) is 0 Å². The van der Waals surface area contributed by atoms with Crippen molar-refractivity contribution in [1.29, 1.82) is 0 Å². The topological polar surface area (TPSA) is 81.3 Å². The summed E-state index contributed by atoms with van der Waals surface area (Å²) >= 11 is 3.18. The molecule has 2 heterocycles. The van der Waals surface area contributed by atoms with Gasteiger partial charge in [-0.05, 0) is 108 Å². The lowest BCUT2D eigenvalue weighted by molar-refractivity contribution is -0.677. The van der Waals surface area contributed by atoms with Crippen LogP contribution in [0.15, 0.2) is 92.1 Å². The highest BCUT2D eigenvalue weighted by Gasteiger charge is 2.10. The van der Waals surface area contributed by atoms with E-state index in [0.29, 0.717) is 0 Å². The standard InChI is InChI=1S/C26H30N8S2.2BrH/c1-3-33-17-19-35-25(33)31-29-23-11-7-21(8-12-23)27-15-5-6-16-28-22-9-13-24(14-10-22)30-32-26-34(4-2)18-20-36-26;;/h7-14,17-20H,3-6,15-16H2,1-2H3;2*1H. The van der Waals surface area contributed by atoms with Gasteiger partial charge in [-0.3, -0.25) is 0 Å². The van der Waals surface area contributed by atoms with Gasteiger partial charge in [0.15, 0.2) is 0 Å². The van der Waals surface area contributed by atoms with Crippen LogP contribution in [0.4, 0.5) is 33.0 Å². The number of hydrogen-bond acceptors (Lipinski definition) is 8. The molecular weight excluding hydrogens is 648 g/mol. The molecule has 2 aromatic heterocycles. The molecular formula is C26H32Br2N8S2. The third kappa shape index (κ3) is 9.64. The van der Waals surface area contributed by atoms with Crippen molar-refractivity contribution >= 4 is 55.7 Å². The monoisotopic (exact) mass is 678 g/mol. The fourth-order valence-electron chi connectivity index (χ4n) is 3.44. The van der Waals surface area contributed by atoms with E-state index in [4.69, 9.17) is 0 Å². The first-order chi connectivity index (χ1) is 17.7. The molecule has 0 aliphatic rings. The molecule has 0 saturated carbocycles. The second-order valence-corrected chi connectivity index (χ2v) is 9.74. The Morgan fingerprint density at radius 2 is 1.00 bits per heavy atom. The third-order valence-electron chi connectivity index (χ3n) is 5.50. The van der Waals surface area contributed by atoms with Crippen molar-refractivity contribution in [3.63, 3.8) is 0 Å². The number of anilines is 2. The van der Waals surface area contributed by atoms with Gasteiger partial charge in [-0.25, -0.2) is 9.13 Å². The Balaban J connectivity index is 0.00000253. The van der Waals surface area contributed by atoms with Gasteiger partial charge in [0, 0.05) is 35.2 Å². The quantitative estimate of drug-likeness (QED) is 0.128. The smallest absolute Gasteiger partial charge is 0.408 e. The minimum Gasteiger partial charge on any atom is -1.00 e. The summed E-state index contributed by atoms with van der Waals surface area (Å²) in [6.07, 6.45) is 6.21. The molecule has 0 radical (unpaired) electrons. The number of hydrogen-bond donors (Lipinski definition) is 2. The second kappa shape index (κ2) is 17.1. The number of benzene rings is 2. The Hall–Kier alpha value is -2.54. The van der Waals surface area contributed by atoms with E-state index in [1.54, 1.807) is 22.7 Å². The predicted molar refractivity (Wildman–Crippen MR) is 148 cm³/mol. The maximum Gasteiger partial charge on any atom is 0.408 e. The van der Waals surface area contributed by atoms with Gasteiger partial charge < -0.3 is 44.6 Å². The SMILES string of the molecule is CC[n+]1ccsc1N=Nc1ccc(NCCCCNc2ccc(N=Nc3scc[n+]3CC)cc2)cc1.[Br-].[Br-]. The molecule has 38 heavy (non-hydrogen) atoms. The maximum absolute atomic E-state index is 4.36. The molecule has 2 aromatic carbocycles. The molecule has 0 amide bonds. The fraction of sp³-hybridized carbons (Fsp3) is 0.308. The highest BCUT2D eigenvalue weighted by atomic mass is 79.9. The van der Waals surface area contributed by atoms with Crippen LogP contribution >= 0.6 is 22.7 Å². The maximum atomic E-state index is 4.36. The van der Waals surface area contributed by atoms with Crippen LogP contribution in [0.5, 0.6) is 0 Å². The van der Waals surface area contributed by atoms with Crippen molar-refractivity contribution < 1.29 is 43.1 Å². The Bertz CT molecular complexity index is 1170. The van der Waals surface area contributed by atoms with Crippen LogP contribution < -0.4 is 53.7 Å². The summed E-state index contributed by atoms with van der Waals surface area (Å²) in [6.45, 7) is 7.84. The van der Waals surface area contributed by atoms with Crippen molar-refractivity contribution in [3.8, 4) is 0 Å². The molecule has 4 rings (SSSR count). The number of thiazole rings is 2. The summed E-state index contributed by atoms with van der Waals surface area (Å²) < 4.78 is 4.16. The van der Waals surface area contributed by atoms with Crippen LogP contribution in [-0.2, 0) is 13.1 Å². The number of azo groups is 2. The molecule has 202 valence electrons. The first-order valence-corrected chi connectivity index (χ1v) is 14.0. The minimum atomic E-state index is 0. The van der Waals surface area contributed by atoms with Crippen molar-refractivity contribution in [2.45, 2.75) is 39.8 Å². The lowest BCUT2D eigenvalue weighted by Crippen LogP contribution is -3.00. The summed E-state index contributed by atoms with van der Waals surface area (Å²) in [5.74, 6) is 0. The molecule has 8 nitrogen and oxygen atoms in total. The number of nitrogens with one attached hydrogen (secondary N) is 2. The van der Waals surface area contributed by atoms with Crippen LogP contribution in [0, 0.1) is 0 Å². The first-order valence-electron chi connectivity index (χ1n) is 12.2. The van der Waals surface area contributed by atoms with Gasteiger partial charge in [-0.2, -0.15) is 0 Å². The van der Waals surface area contributed by atoms with E-state index in [1.807, 2.05) is 71.7 Å². The van der Waals surface area contributed by atoms with Gasteiger partial charge in [0.25, 0.3) is 0 Å². The average molecular weight is 681 g/mol. The van der Waals surface area contributed by atoms with Crippen LogP contribution in [0.1, 0.15) is 26.7 Å². The number of rotatable bonds is 13. The van der Waals surface area contributed by atoms with Gasteiger partial charge in [-0.15, -0.1) is 0 Å². The molecule has 12 heteroatoms. The fourth-order valence-corrected chi connectivity index (χ4v) is 4.93. The molecule has 2 N–H and O–H groups in total. The Morgan fingerprint density at radius 1 is 0.605 bits per heavy atom. The van der Waals surface area contributed by atoms with Crippen molar-refractivity contribution in [2.75, 3.05) is 23.7 Å². The number of nitrogens with zero attached hydrogens (tertiary/aromatic N) is 6. The Kier molecular flexibility index (Phi) is 14.3. The minimum absolute atomic E-state index is 0. The van der Waals surface area contributed by atoms with Gasteiger partial charge >= 0.3 is 10.3 Å². The molecule has 0 saturated heterocycles. The molecule has 0 spiro atoms. The zero-order valence-corrected chi connectivity index (χ0v) is 26.2. The summed E-state index contributed by atoms with van der Waals surface area (Å²) in [5.41, 5.74) is 3.89. The number of aryl methyl sites for hydroxylation is 2. The van der Waals surface area contributed by atoms with E-state index in [-0.39, 0.29) is 34.0 Å². The summed E-state index contributed by atoms with van der Waals surface area (Å²) in [5, 5.41) is 30.2. The molecule has 0 bridgehead atoms. The van der Waals surface area contributed by atoms with E-state index >= 15 is 0 Å². The van der Waals surface area contributed by atoms with Gasteiger partial charge in [0.05, 0.1) is 23.3 Å². The lowest BCUT2D eigenvalue weighted by Gasteiger charge is -2.08. The zero-order valence-electron chi connectivity index (χ0n) is 21.4. The van der Waals surface area contributed by atoms with Crippen LogP contribution in [0.2, 0.25) is 0 Å². The highest BCUT2D eigenvalue weighted by molar-refractivity contribution is 7.13. The lowest BCUT2D eigenvalue weighted by atomic mass is 10.2. The number of aromatic nitrogens is 2. The van der Waals surface area contributed by atoms with Crippen LogP contribution in [-0.4, -0.2) is 13.1 Å². The van der Waals surface area contributed by atoms with E-state index in [0.717, 1.165) is 72.0 Å². The van der Waals surface area contributed by atoms with E-state index < -0.39 is 0 Å². The number of halogens is 2. The summed E-state index contributed by atoms with van der Waals surface area (Å²) in [4.78, 5) is 0. The zero-order chi connectivity index (χ0) is 25.0. The Morgan fingerprint density at radius 3 is 1.37 bits per heavy atom. The van der Waals surface area contributed by atoms with Crippen LogP contribution in [0.3, 0.4) is 0 Å². The van der Waals surface area contributed by atoms with Gasteiger partial charge in [0.2, 0.25) is 0 Å². The van der Waals surface area contributed by atoms with Gasteiger partial charge in [-0.1, -0.05) is 0 Å². The molecule has 0 aliphatic carbocycles. The van der Waals surface area contributed by atoms with Gasteiger partial charge in [0.1, 0.15) is 23.8 Å². The number of unbranched alkanes of at least 4 members (excludes halogenated alkanes) is 1. The largest absolute Gasteiger partial charge is 1.00 e. The Labute approximate surface area is 253 Å². The van der Waals surface area contributed by atoms with E-state index in [9.17, 15) is 0 Å². The summed E-state index contributed by atoms with van der Waals surface area (Å²) in [6, 6.07) is 16.2. The molecule has 0 atom stereocenters. The highest BCUT2D eigenvalue weighted by Crippen LogP contribution is 2.22. The average Bonchev–Trinajstić information content (AvgIpc) is 3.58. The third-order valence-corrected chi connectivity index (χ3v) is 7.07. The van der Waals surface area contributed by atoms with E-state index in [2.05, 4.69) is 54.1 Å². The first kappa shape index (κ1) is 31.7. The normalized spacial score (nSPS) is 10.9. The summed E-state index contributed by atoms with van der Waals surface area (Å²) in [7, 11) is 0. The van der Waals surface area contributed by atoms with E-state index in [1.165, 1.54) is 0 Å². The molecule has 0 fully saturated rings. The van der Waals surface area contributed by atoms with Crippen molar-refractivity contribution in [2.24, 2.45) is 20.5 Å². The second-order valence-electron chi connectivity index (χ2n) is 8.00. The molecule has 0 aliphatic heterocycles. The van der Waals surface area contributed by atoms with Crippen LogP contribution in [0.25, 0.3) is 0 Å².